The molecule has 0 heterocycles. The van der Waals surface area contributed by atoms with E-state index in [2.05, 4.69) is 0 Å². The SMILES string of the molecule is [Li][P]([Li])([Li])=O. The molecule has 0 aromatic heterocycles. The zero-order valence-electron chi connectivity index (χ0n) is 3.86. The van der Waals surface area contributed by atoms with Crippen molar-refractivity contribution in [1.82, 2.24) is 0 Å². The second-order valence-electron chi connectivity index (χ2n) is 1.89. The maximum atomic E-state index is 10.2. The molecular formula is Li3OP. The van der Waals surface area contributed by atoms with Crippen LogP contribution >= 0.6 is 2.41 Å². The first-order chi connectivity index (χ1) is 2.00. The Morgan fingerprint density at radius 3 is 1.20 bits per heavy atom. The van der Waals surface area contributed by atoms with Crippen LogP contribution in [-0.2, 0) is 4.57 Å². The molecule has 0 aromatic rings. The van der Waals surface area contributed by atoms with Crippen molar-refractivity contribution in [2.75, 3.05) is 0 Å². The summed E-state index contributed by atoms with van der Waals surface area (Å²) in [5, 5.41) is 0. The van der Waals surface area contributed by atoms with Gasteiger partial charge in [0.15, 0.2) is 0 Å². The summed E-state index contributed by atoms with van der Waals surface area (Å²) in [5.41, 5.74) is 0. The van der Waals surface area contributed by atoms with Crippen LogP contribution in [0.25, 0.3) is 0 Å². The van der Waals surface area contributed by atoms with Gasteiger partial charge < -0.3 is 0 Å². The Labute approximate surface area is 58.2 Å². The molecule has 0 radical (unpaired) electrons. The zero-order chi connectivity index (χ0) is 4.50. The van der Waals surface area contributed by atoms with Gasteiger partial charge in [-0.05, 0) is 0 Å². The fourth-order valence-corrected chi connectivity index (χ4v) is 0. The van der Waals surface area contributed by atoms with Crippen molar-refractivity contribution >= 4 is 54.1 Å². The van der Waals surface area contributed by atoms with Crippen LogP contribution < -0.4 is 0 Å². The maximum absolute atomic E-state index is 10.2. The van der Waals surface area contributed by atoms with E-state index in [-0.39, 0.29) is 0 Å². The number of rotatable bonds is 0. The first-order valence-electron chi connectivity index (χ1n) is 1.52. The summed E-state index contributed by atoms with van der Waals surface area (Å²) in [6.45, 7) is 0. The van der Waals surface area contributed by atoms with Crippen LogP contribution in [0.5, 0.6) is 0 Å². The quantitative estimate of drug-likeness (QED) is 0.279. The van der Waals surface area contributed by atoms with Gasteiger partial charge in [-0.1, -0.05) is 0 Å². The molecule has 0 saturated heterocycles. The first-order valence-corrected chi connectivity index (χ1v) is 4.57. The monoisotopic (exact) mass is 68.0 g/mol. The predicted molar refractivity (Wildman–Crippen MR) is 24.9 cm³/mol. The molecular weight excluding hydrogens is 67.8 g/mol. The number of hydrogen-bond acceptors (Lipinski definition) is 1. The van der Waals surface area contributed by atoms with Crippen molar-refractivity contribution in [3.05, 3.63) is 0 Å². The van der Waals surface area contributed by atoms with Gasteiger partial charge >= 0.3 is 58.7 Å². The Morgan fingerprint density at radius 2 is 1.20 bits per heavy atom. The Morgan fingerprint density at radius 1 is 1.20 bits per heavy atom. The van der Waals surface area contributed by atoms with Gasteiger partial charge in [0.1, 0.15) is 0 Å². The Balaban J connectivity index is 3.47. The summed E-state index contributed by atoms with van der Waals surface area (Å²) in [7, 11) is 0. The van der Waals surface area contributed by atoms with E-state index in [0.29, 0.717) is 0 Å². The van der Waals surface area contributed by atoms with E-state index in [1.807, 2.05) is 0 Å². The third-order valence-corrected chi connectivity index (χ3v) is 0. The summed E-state index contributed by atoms with van der Waals surface area (Å²) in [4.78, 5) is 0. The molecule has 0 bridgehead atoms. The molecule has 0 rings (SSSR count). The Hall–Kier alpha value is 2.02. The van der Waals surface area contributed by atoms with Crippen LogP contribution in [0.2, 0.25) is 0 Å². The second kappa shape index (κ2) is 2.36. The van der Waals surface area contributed by atoms with E-state index in [9.17, 15) is 4.57 Å². The summed E-state index contributed by atoms with van der Waals surface area (Å²) in [6, 6.07) is 0. The van der Waals surface area contributed by atoms with Gasteiger partial charge in [-0.3, -0.25) is 0 Å². The minimum absolute atomic E-state index is 1.64. The zero-order valence-corrected chi connectivity index (χ0v) is 4.75. The molecule has 0 atom stereocenters. The molecule has 5 heteroatoms. The van der Waals surface area contributed by atoms with Gasteiger partial charge in [-0.2, -0.15) is 0 Å². The molecule has 5 heavy (non-hydrogen) atoms. The molecule has 0 spiro atoms. The van der Waals surface area contributed by atoms with Gasteiger partial charge in [0.2, 0.25) is 0 Å². The fourth-order valence-electron chi connectivity index (χ4n) is 0. The Kier molecular flexibility index (Phi) is 3.31. The molecule has 0 aliphatic carbocycles. The van der Waals surface area contributed by atoms with Crippen LogP contribution in [0.15, 0.2) is 0 Å². The molecule has 0 aromatic carbocycles. The van der Waals surface area contributed by atoms with E-state index < -0.39 is 2.41 Å². The fraction of sp³-hybridized carbons (Fsp3) is 0. The topological polar surface area (TPSA) is 17.1 Å². The van der Waals surface area contributed by atoms with Crippen LogP contribution in [0.3, 0.4) is 0 Å². The summed E-state index contributed by atoms with van der Waals surface area (Å²) in [5.74, 6) is 0. The molecule has 0 N–H and O–H groups in total. The van der Waals surface area contributed by atoms with Crippen molar-refractivity contribution in [3.8, 4) is 0 Å². The van der Waals surface area contributed by atoms with Crippen LogP contribution in [-0.4, -0.2) is 51.7 Å². The minimum atomic E-state index is -1.64. The molecule has 0 unspecified atom stereocenters. The van der Waals surface area contributed by atoms with Crippen LogP contribution in [0.1, 0.15) is 0 Å². The second-order valence-corrected chi connectivity index (χ2v) is 5.67. The van der Waals surface area contributed by atoms with Gasteiger partial charge in [-0.25, -0.2) is 0 Å². The molecule has 0 aliphatic heterocycles. The molecule has 0 fully saturated rings. The predicted octanol–water partition coefficient (Wildman–Crippen LogP) is -0.400. The van der Waals surface area contributed by atoms with Crippen molar-refractivity contribution in [3.63, 3.8) is 0 Å². The van der Waals surface area contributed by atoms with Crippen molar-refractivity contribution in [1.29, 1.82) is 0 Å². The number of hydrogen-bond donors (Lipinski definition) is 0. The summed E-state index contributed by atoms with van der Waals surface area (Å²) < 4.78 is 8.58. The summed E-state index contributed by atoms with van der Waals surface area (Å²) >= 11 is 5.23. The van der Waals surface area contributed by atoms with Crippen LogP contribution in [0, 0.1) is 0 Å². The van der Waals surface area contributed by atoms with E-state index in [1.54, 1.807) is 51.7 Å². The average Bonchev–Trinajstić information content (AvgIpc) is 0.722. The molecule has 14 valence electrons. The molecule has 0 saturated carbocycles. The molecule has 1 nitrogen and oxygen atoms in total. The van der Waals surface area contributed by atoms with Gasteiger partial charge in [0.05, 0.1) is 0 Å². The molecule has 0 amide bonds. The third-order valence-electron chi connectivity index (χ3n) is 0. The van der Waals surface area contributed by atoms with E-state index in [0.717, 1.165) is 0 Å². The van der Waals surface area contributed by atoms with E-state index in [1.165, 1.54) is 0 Å². The van der Waals surface area contributed by atoms with Crippen molar-refractivity contribution in [2.24, 2.45) is 0 Å². The first kappa shape index (κ1) is 7.02. The van der Waals surface area contributed by atoms with Gasteiger partial charge in [0, 0.05) is 0 Å². The van der Waals surface area contributed by atoms with Gasteiger partial charge in [0.25, 0.3) is 0 Å². The summed E-state index contributed by atoms with van der Waals surface area (Å²) in [6.07, 6.45) is 0. The normalized spacial score (nSPS) is 12.4. The average molecular weight is 67.8 g/mol. The van der Waals surface area contributed by atoms with E-state index in [4.69, 9.17) is 0 Å². The van der Waals surface area contributed by atoms with Gasteiger partial charge in [-0.15, -0.1) is 0 Å². The third kappa shape index (κ3) is 23.8. The standard InChI is InChI=1S/3Li.OP/c;;;1-2. The van der Waals surface area contributed by atoms with Crippen molar-refractivity contribution in [2.45, 2.75) is 0 Å². The van der Waals surface area contributed by atoms with E-state index >= 15 is 0 Å². The Bertz CT molecular complexity index is 53.0. The van der Waals surface area contributed by atoms with Crippen LogP contribution in [0.4, 0.5) is 0 Å². The molecule has 0 aliphatic rings. The van der Waals surface area contributed by atoms with Crippen molar-refractivity contribution < 1.29 is 4.57 Å².